The summed E-state index contributed by atoms with van der Waals surface area (Å²) >= 11 is 6.02. The topological polar surface area (TPSA) is 90.3 Å². The highest BCUT2D eigenvalue weighted by atomic mass is 35.5. The summed E-state index contributed by atoms with van der Waals surface area (Å²) in [5, 5.41) is 8.77. The number of aliphatic imine (C=N–C) groups is 2. The molecule has 0 saturated carbocycles. The van der Waals surface area contributed by atoms with E-state index in [9.17, 15) is 4.79 Å². The Kier molecular flexibility index (Phi) is 8.55. The van der Waals surface area contributed by atoms with Crippen molar-refractivity contribution in [2.75, 3.05) is 13.1 Å². The maximum absolute atomic E-state index is 13.2. The molecule has 3 N–H and O–H groups in total. The molecule has 9 heteroatoms. The molecule has 2 amide bonds. The predicted octanol–water partition coefficient (Wildman–Crippen LogP) is 5.06. The Bertz CT molecular complexity index is 1100. The largest absolute Gasteiger partial charge is 0.472 e. The second-order valence-corrected chi connectivity index (χ2v) is 12.6. The highest BCUT2D eigenvalue weighted by Gasteiger charge is 2.50. The molecule has 2 heterocycles. The van der Waals surface area contributed by atoms with Gasteiger partial charge in [0.2, 0.25) is 5.29 Å². The highest BCUT2D eigenvalue weighted by Crippen LogP contribution is 2.40. The zero-order chi connectivity index (χ0) is 27.7. The number of amidine groups is 1. The molecule has 0 aromatic carbocycles. The summed E-state index contributed by atoms with van der Waals surface area (Å²) in [7, 11) is 0. The maximum atomic E-state index is 13.2. The molecule has 0 radical (unpaired) electrons. The lowest BCUT2D eigenvalue weighted by Gasteiger charge is -2.41. The summed E-state index contributed by atoms with van der Waals surface area (Å²) in [6.07, 6.45) is 13.9. The van der Waals surface area contributed by atoms with Gasteiger partial charge in [0, 0.05) is 24.9 Å². The average molecular weight is 543 g/mol. The number of carbonyl (C=O) groups excluding carboxylic acids is 1. The van der Waals surface area contributed by atoms with Crippen LogP contribution in [0.2, 0.25) is 0 Å². The Balaban J connectivity index is 1.41. The number of nitrogens with one attached hydrogen (secondary N) is 3. The van der Waals surface area contributed by atoms with Gasteiger partial charge in [0.15, 0.2) is 5.90 Å². The highest BCUT2D eigenvalue weighted by molar-refractivity contribution is 6.65. The number of hydrazine groups is 1. The number of nitrogens with zero attached hydrogens (tertiary/aromatic N) is 3. The standard InChI is InChI=1S/C29H43ClN6O2/c1-18-12-13-22(19(2)14-18)36-24(15-29(7,35-36)28(4,5)6)33-27(37)32-17-21-10-8-9-11-23(21)38-25-20(3)16-31-26(30)34-25/h8-10,12-14,19-20,22-24,35H,11,15-17H2,1-7H3,(H2,32,33,37). The molecule has 2 aliphatic heterocycles. The first-order valence-corrected chi connectivity index (χ1v) is 14.0. The molecule has 0 aromatic heterocycles. The van der Waals surface area contributed by atoms with Crippen LogP contribution >= 0.6 is 11.6 Å². The SMILES string of the molecule is CC1=CC(C)C(N2NC(C)(C(C)(C)C)CC2NC(=O)NCC2=CC=CCC2OC2=NC(Cl)=NCC2C)C=C1. The van der Waals surface area contributed by atoms with Gasteiger partial charge in [0.25, 0.3) is 0 Å². The number of halogens is 1. The molecule has 2 aliphatic carbocycles. The fourth-order valence-electron chi connectivity index (χ4n) is 5.26. The number of rotatable bonds is 5. The van der Waals surface area contributed by atoms with Gasteiger partial charge >= 0.3 is 6.03 Å². The van der Waals surface area contributed by atoms with Crippen molar-refractivity contribution in [1.82, 2.24) is 21.1 Å². The van der Waals surface area contributed by atoms with Gasteiger partial charge < -0.3 is 15.4 Å². The Morgan fingerprint density at radius 1 is 1.34 bits per heavy atom. The predicted molar refractivity (Wildman–Crippen MR) is 155 cm³/mol. The smallest absolute Gasteiger partial charge is 0.316 e. The number of carbonyl (C=O) groups is 1. The van der Waals surface area contributed by atoms with E-state index in [0.717, 1.165) is 12.0 Å². The third-order valence-corrected chi connectivity index (χ3v) is 8.46. The molecular formula is C29H43ClN6O2. The third kappa shape index (κ3) is 6.41. The van der Waals surface area contributed by atoms with E-state index in [1.807, 2.05) is 19.1 Å². The molecule has 8 nitrogen and oxygen atoms in total. The number of allylic oxidation sites excluding steroid dienone is 4. The van der Waals surface area contributed by atoms with Gasteiger partial charge in [-0.25, -0.2) is 15.2 Å². The number of urea groups is 1. The van der Waals surface area contributed by atoms with Crippen LogP contribution in [0.15, 0.2) is 57.6 Å². The molecule has 1 fully saturated rings. The summed E-state index contributed by atoms with van der Waals surface area (Å²) in [4.78, 5) is 21.7. The summed E-state index contributed by atoms with van der Waals surface area (Å²) in [6.45, 7) is 16.3. The normalized spacial score (nSPS) is 33.7. The van der Waals surface area contributed by atoms with Crippen LogP contribution in [-0.2, 0) is 4.74 Å². The minimum absolute atomic E-state index is 0.00190. The van der Waals surface area contributed by atoms with Crippen molar-refractivity contribution in [1.29, 1.82) is 0 Å². The lowest BCUT2D eigenvalue weighted by atomic mass is 9.73. The van der Waals surface area contributed by atoms with E-state index < -0.39 is 0 Å². The van der Waals surface area contributed by atoms with Gasteiger partial charge in [0.1, 0.15) is 6.10 Å². The van der Waals surface area contributed by atoms with Crippen molar-refractivity contribution in [3.05, 3.63) is 47.6 Å². The fraction of sp³-hybridized carbons (Fsp3) is 0.621. The molecule has 38 heavy (non-hydrogen) atoms. The Morgan fingerprint density at radius 2 is 2.11 bits per heavy atom. The van der Waals surface area contributed by atoms with Gasteiger partial charge in [0.05, 0.1) is 24.7 Å². The first-order valence-electron chi connectivity index (χ1n) is 13.6. The molecule has 0 aromatic rings. The summed E-state index contributed by atoms with van der Waals surface area (Å²) in [6, 6.07) is -0.0577. The van der Waals surface area contributed by atoms with E-state index in [4.69, 9.17) is 16.3 Å². The maximum Gasteiger partial charge on any atom is 0.316 e. The molecule has 0 spiro atoms. The van der Waals surface area contributed by atoms with Crippen LogP contribution in [0.5, 0.6) is 0 Å². The molecule has 4 aliphatic rings. The van der Waals surface area contributed by atoms with E-state index >= 15 is 0 Å². The van der Waals surface area contributed by atoms with Crippen LogP contribution in [0.3, 0.4) is 0 Å². The first kappa shape index (κ1) is 28.6. The van der Waals surface area contributed by atoms with Crippen molar-refractivity contribution in [2.45, 2.75) is 85.2 Å². The summed E-state index contributed by atoms with van der Waals surface area (Å²) < 4.78 is 6.24. The van der Waals surface area contributed by atoms with Gasteiger partial charge in [-0.05, 0) is 42.4 Å². The second-order valence-electron chi connectivity index (χ2n) is 12.2. The van der Waals surface area contributed by atoms with E-state index in [2.05, 4.69) is 96.9 Å². The van der Waals surface area contributed by atoms with Crippen molar-refractivity contribution in [3.8, 4) is 0 Å². The Morgan fingerprint density at radius 3 is 2.82 bits per heavy atom. The summed E-state index contributed by atoms with van der Waals surface area (Å²) in [5.41, 5.74) is 5.86. The summed E-state index contributed by atoms with van der Waals surface area (Å²) in [5.74, 6) is 0.977. The zero-order valence-corrected chi connectivity index (χ0v) is 24.5. The van der Waals surface area contributed by atoms with Crippen LogP contribution in [0.4, 0.5) is 4.79 Å². The molecule has 4 rings (SSSR count). The zero-order valence-electron chi connectivity index (χ0n) is 23.7. The fourth-order valence-corrected chi connectivity index (χ4v) is 5.41. The Hall–Kier alpha value is -2.42. The molecule has 6 atom stereocenters. The Labute approximate surface area is 232 Å². The van der Waals surface area contributed by atoms with Gasteiger partial charge in [-0.1, -0.05) is 76.6 Å². The van der Waals surface area contributed by atoms with E-state index in [-0.39, 0.29) is 46.5 Å². The lowest BCUT2D eigenvalue weighted by molar-refractivity contribution is 0.0659. The van der Waals surface area contributed by atoms with E-state index in [0.29, 0.717) is 31.3 Å². The van der Waals surface area contributed by atoms with Crippen LogP contribution < -0.4 is 16.1 Å². The van der Waals surface area contributed by atoms with Gasteiger partial charge in [-0.15, -0.1) is 0 Å². The van der Waals surface area contributed by atoms with E-state index in [1.54, 1.807) is 0 Å². The third-order valence-electron chi connectivity index (χ3n) is 8.25. The van der Waals surface area contributed by atoms with Gasteiger partial charge in [-0.2, -0.15) is 4.99 Å². The van der Waals surface area contributed by atoms with Crippen molar-refractivity contribution in [3.63, 3.8) is 0 Å². The van der Waals surface area contributed by atoms with Crippen LogP contribution in [0.1, 0.15) is 61.3 Å². The molecule has 6 unspecified atom stereocenters. The molecule has 208 valence electrons. The quantitative estimate of drug-likeness (QED) is 0.423. The van der Waals surface area contributed by atoms with Crippen molar-refractivity contribution in [2.24, 2.45) is 27.2 Å². The molecule has 0 bridgehead atoms. The minimum atomic E-state index is -0.207. The van der Waals surface area contributed by atoms with E-state index in [1.165, 1.54) is 5.57 Å². The van der Waals surface area contributed by atoms with Crippen LogP contribution in [0.25, 0.3) is 0 Å². The molecule has 1 saturated heterocycles. The lowest BCUT2D eigenvalue weighted by Crippen LogP contribution is -2.58. The molecular weight excluding hydrogens is 500 g/mol. The van der Waals surface area contributed by atoms with Crippen molar-refractivity contribution >= 4 is 28.8 Å². The monoisotopic (exact) mass is 542 g/mol. The number of hydrogen-bond acceptors (Lipinski definition) is 6. The van der Waals surface area contributed by atoms with Crippen LogP contribution in [-0.4, -0.2) is 59.2 Å². The number of amides is 2. The minimum Gasteiger partial charge on any atom is -0.472 e. The number of hydrogen-bond donors (Lipinski definition) is 3. The average Bonchev–Trinajstić information content (AvgIpc) is 3.18. The number of ether oxygens (including phenoxy) is 1. The first-order chi connectivity index (χ1) is 17.9. The van der Waals surface area contributed by atoms with Crippen LogP contribution in [0, 0.1) is 17.3 Å². The second kappa shape index (κ2) is 11.4. The van der Waals surface area contributed by atoms with Gasteiger partial charge in [-0.3, -0.25) is 4.99 Å². The van der Waals surface area contributed by atoms with Crippen molar-refractivity contribution < 1.29 is 9.53 Å².